The molecule has 0 saturated heterocycles. The summed E-state index contributed by atoms with van der Waals surface area (Å²) in [4.78, 5) is 0. The quantitative estimate of drug-likeness (QED) is 0.831. The topological polar surface area (TPSA) is 74.6 Å². The van der Waals surface area contributed by atoms with Crippen LogP contribution in [0.1, 0.15) is 18.1 Å². The average Bonchev–Trinajstić information content (AvgIpc) is 2.14. The van der Waals surface area contributed by atoms with E-state index in [9.17, 15) is 26.7 Å². The van der Waals surface area contributed by atoms with Gasteiger partial charge in [-0.25, -0.2) is 0 Å². The minimum Gasteiger partial charge on any atom is -0.376 e. The minimum atomic E-state index is -4.84. The molecule has 1 unspecified atom stereocenters. The van der Waals surface area contributed by atoms with E-state index in [1.165, 1.54) is 0 Å². The summed E-state index contributed by atoms with van der Waals surface area (Å²) >= 11 is 0. The van der Waals surface area contributed by atoms with E-state index < -0.39 is 33.2 Å². The Morgan fingerprint density at radius 3 is 1.94 bits per heavy atom. The highest BCUT2D eigenvalue weighted by atomic mass is 32.2. The first-order chi connectivity index (χ1) is 7.93. The van der Waals surface area contributed by atoms with Crippen LogP contribution in [0.5, 0.6) is 0 Å². The Labute approximate surface area is 102 Å². The molecule has 1 aromatic carbocycles. The first-order valence-corrected chi connectivity index (χ1v) is 6.38. The maximum absolute atomic E-state index is 12.5. The Balaban J connectivity index is 3.04. The predicted molar refractivity (Wildman–Crippen MR) is 57.3 cm³/mol. The van der Waals surface area contributed by atoms with Gasteiger partial charge in [0.15, 0.2) is 5.60 Å². The van der Waals surface area contributed by atoms with Crippen LogP contribution >= 0.6 is 0 Å². The molecule has 0 aromatic heterocycles. The molecule has 0 aliphatic rings. The van der Waals surface area contributed by atoms with Gasteiger partial charge in [0.1, 0.15) is 5.75 Å². The normalized spacial score (nSPS) is 16.3. The zero-order chi connectivity index (χ0) is 14.2. The summed E-state index contributed by atoms with van der Waals surface area (Å²) < 4.78 is 67.2. The Kier molecular flexibility index (Phi) is 3.75. The third-order valence-electron chi connectivity index (χ3n) is 2.42. The zero-order valence-corrected chi connectivity index (χ0v) is 10.1. The summed E-state index contributed by atoms with van der Waals surface area (Å²) in [6.07, 6.45) is -4.84. The molecular formula is C10H11F3O4S. The second-order valence-corrected chi connectivity index (χ2v) is 5.45. The summed E-state index contributed by atoms with van der Waals surface area (Å²) in [6.45, 7) is 0.602. The lowest BCUT2D eigenvalue weighted by atomic mass is 9.95. The second kappa shape index (κ2) is 4.52. The number of aliphatic hydroxyl groups is 1. The third kappa shape index (κ3) is 3.44. The van der Waals surface area contributed by atoms with E-state index in [0.29, 0.717) is 6.92 Å². The Morgan fingerprint density at radius 1 is 1.17 bits per heavy atom. The Hall–Kier alpha value is -1.12. The van der Waals surface area contributed by atoms with E-state index in [2.05, 4.69) is 0 Å². The molecule has 0 fully saturated rings. The van der Waals surface area contributed by atoms with Gasteiger partial charge in [-0.2, -0.15) is 21.6 Å². The number of rotatable bonds is 3. The Morgan fingerprint density at radius 2 is 1.61 bits per heavy atom. The third-order valence-corrected chi connectivity index (χ3v) is 3.12. The van der Waals surface area contributed by atoms with E-state index in [4.69, 9.17) is 4.55 Å². The van der Waals surface area contributed by atoms with Crippen molar-refractivity contribution < 1.29 is 31.2 Å². The van der Waals surface area contributed by atoms with Crippen molar-refractivity contribution in [3.63, 3.8) is 0 Å². The van der Waals surface area contributed by atoms with Crippen molar-refractivity contribution in [1.29, 1.82) is 0 Å². The van der Waals surface area contributed by atoms with Crippen molar-refractivity contribution in [2.45, 2.75) is 24.5 Å². The van der Waals surface area contributed by atoms with Crippen LogP contribution in [0, 0.1) is 0 Å². The van der Waals surface area contributed by atoms with Gasteiger partial charge < -0.3 is 5.11 Å². The summed E-state index contributed by atoms with van der Waals surface area (Å²) in [5, 5.41) is 9.35. The maximum Gasteiger partial charge on any atom is 0.421 e. The van der Waals surface area contributed by atoms with Crippen molar-refractivity contribution in [3.8, 4) is 0 Å². The number of alkyl halides is 3. The molecule has 1 atom stereocenters. The van der Waals surface area contributed by atoms with Gasteiger partial charge in [0.25, 0.3) is 10.1 Å². The zero-order valence-electron chi connectivity index (χ0n) is 9.27. The van der Waals surface area contributed by atoms with Gasteiger partial charge in [0.05, 0.1) is 0 Å². The largest absolute Gasteiger partial charge is 0.421 e. The van der Waals surface area contributed by atoms with E-state index in [0.717, 1.165) is 24.3 Å². The van der Waals surface area contributed by atoms with E-state index >= 15 is 0 Å². The van der Waals surface area contributed by atoms with Crippen LogP contribution in [-0.2, 0) is 21.5 Å². The SMILES string of the molecule is CC(O)(c1ccc(CS(=O)(=O)O)cc1)C(F)(F)F. The molecule has 102 valence electrons. The van der Waals surface area contributed by atoms with Gasteiger partial charge in [-0.1, -0.05) is 24.3 Å². The monoisotopic (exact) mass is 284 g/mol. The number of hydrogen-bond acceptors (Lipinski definition) is 3. The highest BCUT2D eigenvalue weighted by molar-refractivity contribution is 7.85. The van der Waals surface area contributed by atoms with Crippen LogP contribution in [0.15, 0.2) is 24.3 Å². The van der Waals surface area contributed by atoms with E-state index in [1.54, 1.807) is 0 Å². The van der Waals surface area contributed by atoms with E-state index in [1.807, 2.05) is 0 Å². The van der Waals surface area contributed by atoms with Crippen LogP contribution < -0.4 is 0 Å². The summed E-state index contributed by atoms with van der Waals surface area (Å²) in [6, 6.07) is 4.13. The molecule has 18 heavy (non-hydrogen) atoms. The van der Waals surface area contributed by atoms with Crippen LogP contribution in [0.2, 0.25) is 0 Å². The highest BCUT2D eigenvalue weighted by Gasteiger charge is 2.51. The van der Waals surface area contributed by atoms with Gasteiger partial charge in [-0.3, -0.25) is 4.55 Å². The van der Waals surface area contributed by atoms with Gasteiger partial charge >= 0.3 is 6.18 Å². The number of benzene rings is 1. The molecule has 0 aliphatic heterocycles. The molecule has 0 amide bonds. The lowest BCUT2D eigenvalue weighted by Gasteiger charge is -2.26. The van der Waals surface area contributed by atoms with Gasteiger partial charge in [0, 0.05) is 0 Å². The molecule has 2 N–H and O–H groups in total. The molecule has 0 radical (unpaired) electrons. The molecular weight excluding hydrogens is 273 g/mol. The number of hydrogen-bond donors (Lipinski definition) is 2. The molecule has 0 heterocycles. The molecule has 0 saturated carbocycles. The standard InChI is InChI=1S/C10H11F3O4S/c1-9(14,10(11,12)13)8-4-2-7(3-5-8)6-18(15,16)17/h2-5,14H,6H2,1H3,(H,15,16,17). The van der Waals surface area contributed by atoms with Gasteiger partial charge in [-0.05, 0) is 18.1 Å². The molecule has 8 heteroatoms. The van der Waals surface area contributed by atoms with Crippen molar-refractivity contribution >= 4 is 10.1 Å². The molecule has 1 aromatic rings. The average molecular weight is 284 g/mol. The molecule has 0 spiro atoms. The maximum atomic E-state index is 12.5. The van der Waals surface area contributed by atoms with Gasteiger partial charge in [0.2, 0.25) is 0 Å². The van der Waals surface area contributed by atoms with Crippen LogP contribution in [-0.4, -0.2) is 24.3 Å². The van der Waals surface area contributed by atoms with Crippen molar-refractivity contribution in [2.75, 3.05) is 0 Å². The number of halogens is 3. The Bertz CT molecular complexity index is 517. The lowest BCUT2D eigenvalue weighted by molar-refractivity contribution is -0.258. The molecule has 1 rings (SSSR count). The van der Waals surface area contributed by atoms with Crippen molar-refractivity contribution in [2.24, 2.45) is 0 Å². The van der Waals surface area contributed by atoms with Gasteiger partial charge in [-0.15, -0.1) is 0 Å². The van der Waals surface area contributed by atoms with Crippen molar-refractivity contribution in [3.05, 3.63) is 35.4 Å². The molecule has 0 aliphatic carbocycles. The van der Waals surface area contributed by atoms with Crippen LogP contribution in [0.25, 0.3) is 0 Å². The second-order valence-electron chi connectivity index (χ2n) is 3.99. The first-order valence-electron chi connectivity index (χ1n) is 4.77. The molecule has 4 nitrogen and oxygen atoms in total. The smallest absolute Gasteiger partial charge is 0.376 e. The van der Waals surface area contributed by atoms with Crippen molar-refractivity contribution in [1.82, 2.24) is 0 Å². The first kappa shape index (κ1) is 14.9. The lowest BCUT2D eigenvalue weighted by Crippen LogP contribution is -2.39. The fourth-order valence-corrected chi connectivity index (χ4v) is 1.91. The minimum absolute atomic E-state index is 0.124. The fraction of sp³-hybridized carbons (Fsp3) is 0.400. The van der Waals surface area contributed by atoms with Crippen LogP contribution in [0.4, 0.5) is 13.2 Å². The highest BCUT2D eigenvalue weighted by Crippen LogP contribution is 2.38. The fourth-order valence-electron chi connectivity index (χ4n) is 1.30. The summed E-state index contributed by atoms with van der Waals surface area (Å²) in [7, 11) is -4.24. The summed E-state index contributed by atoms with van der Waals surface area (Å²) in [5.74, 6) is -0.693. The van der Waals surface area contributed by atoms with E-state index in [-0.39, 0.29) is 5.56 Å². The predicted octanol–water partition coefficient (Wildman–Crippen LogP) is 1.84. The van der Waals surface area contributed by atoms with Crippen LogP contribution in [0.3, 0.4) is 0 Å². The summed E-state index contributed by atoms with van der Waals surface area (Å²) in [5.41, 5.74) is -3.29. The molecule has 0 bridgehead atoms.